The second kappa shape index (κ2) is 13.9. The van der Waals surface area contributed by atoms with Gasteiger partial charge in [0.05, 0.1) is 11.0 Å². The van der Waals surface area contributed by atoms with Crippen molar-refractivity contribution in [3.63, 3.8) is 0 Å². The lowest BCUT2D eigenvalue weighted by Gasteiger charge is -2.15. The van der Waals surface area contributed by atoms with Crippen LogP contribution in [0.5, 0.6) is 0 Å². The molecule has 12 heteroatoms. The Balaban J connectivity index is 0.000000553. The van der Waals surface area contributed by atoms with E-state index in [1.54, 1.807) is 0 Å². The van der Waals surface area contributed by atoms with Crippen LogP contribution in [0.2, 0.25) is 0 Å². The van der Waals surface area contributed by atoms with Gasteiger partial charge in [0.25, 0.3) is 0 Å². The first kappa shape index (κ1) is 28.5. The normalized spacial score (nSPS) is 15.4. The predicted octanol–water partition coefficient (Wildman–Crippen LogP) is 7.76. The van der Waals surface area contributed by atoms with Gasteiger partial charge in [-0.15, -0.1) is 92.8 Å². The lowest BCUT2D eigenvalue weighted by atomic mass is 10.1. The molecule has 1 heterocycles. The van der Waals surface area contributed by atoms with Gasteiger partial charge in [0.2, 0.25) is 0 Å². The highest BCUT2D eigenvalue weighted by molar-refractivity contribution is 6.48. The molecule has 168 valence electrons. The number of halogens is 8. The second-order valence-corrected chi connectivity index (χ2v) is 10.6. The number of rotatable bonds is 7. The van der Waals surface area contributed by atoms with Crippen LogP contribution in [-0.2, 0) is 0 Å². The zero-order valence-corrected chi connectivity index (χ0v) is 22.2. The summed E-state index contributed by atoms with van der Waals surface area (Å²) >= 11 is 46.6. The van der Waals surface area contributed by atoms with Crippen molar-refractivity contribution in [2.75, 3.05) is 0 Å². The maximum atomic E-state index is 6.17. The minimum absolute atomic E-state index is 0.0347. The molecule has 30 heavy (non-hydrogen) atoms. The largest absolute Gasteiger partial charge is 0.286 e. The van der Waals surface area contributed by atoms with E-state index in [0.717, 1.165) is 11.1 Å². The van der Waals surface area contributed by atoms with Crippen LogP contribution < -0.4 is 5.32 Å². The lowest BCUT2D eigenvalue weighted by Crippen LogP contribution is -2.25. The van der Waals surface area contributed by atoms with Crippen LogP contribution in [0, 0.1) is 6.92 Å². The molecule has 0 saturated heterocycles. The van der Waals surface area contributed by atoms with Crippen molar-refractivity contribution < 1.29 is 0 Å². The third-order valence-electron chi connectivity index (χ3n) is 3.45. The van der Waals surface area contributed by atoms with Gasteiger partial charge in [-0.05, 0) is 26.3 Å². The van der Waals surface area contributed by atoms with Crippen molar-refractivity contribution in [1.29, 1.82) is 0 Å². The average Bonchev–Trinajstić information content (AvgIpc) is 2.66. The molecule has 0 amide bonds. The zero-order valence-electron chi connectivity index (χ0n) is 16.1. The summed E-state index contributed by atoms with van der Waals surface area (Å²) in [6.45, 7) is 5.60. The topological polar surface area (TPSA) is 50.7 Å². The van der Waals surface area contributed by atoms with Gasteiger partial charge in [-0.25, -0.2) is 15.0 Å². The Morgan fingerprint density at radius 1 is 0.700 bits per heavy atom. The van der Waals surface area contributed by atoms with Crippen LogP contribution in [0.25, 0.3) is 11.4 Å². The molecular weight excluding hydrogens is 556 g/mol. The van der Waals surface area contributed by atoms with Crippen molar-refractivity contribution >= 4 is 92.8 Å². The summed E-state index contributed by atoms with van der Waals surface area (Å²) in [6.07, 6.45) is 0. The quantitative estimate of drug-likeness (QED) is 0.271. The van der Waals surface area contributed by atoms with E-state index in [9.17, 15) is 0 Å². The summed E-state index contributed by atoms with van der Waals surface area (Å²) in [5.41, 5.74) is 1.72. The first-order chi connectivity index (χ1) is 13.9. The molecule has 2 aromatic rings. The fourth-order valence-corrected chi connectivity index (χ4v) is 3.23. The third kappa shape index (κ3) is 9.56. The van der Waals surface area contributed by atoms with Gasteiger partial charge in [-0.2, -0.15) is 0 Å². The molecule has 0 aliphatic heterocycles. The van der Waals surface area contributed by atoms with E-state index in [-0.39, 0.29) is 22.7 Å². The van der Waals surface area contributed by atoms with Gasteiger partial charge >= 0.3 is 0 Å². The Labute approximate surface area is 216 Å². The highest BCUT2D eigenvalue weighted by Gasteiger charge is 2.26. The number of aromatic nitrogens is 3. The Hall–Kier alpha value is 0.510. The first-order valence-corrected chi connectivity index (χ1v) is 12.1. The van der Waals surface area contributed by atoms with Crippen molar-refractivity contribution in [3.05, 3.63) is 41.5 Å². The molecule has 0 fully saturated rings. The number of aryl methyl sites for hydroxylation is 1. The summed E-state index contributed by atoms with van der Waals surface area (Å²) in [7, 11) is 0. The van der Waals surface area contributed by atoms with Gasteiger partial charge in [-0.1, -0.05) is 24.3 Å². The van der Waals surface area contributed by atoms with Crippen molar-refractivity contribution in [3.8, 4) is 11.4 Å². The maximum absolute atomic E-state index is 6.17. The summed E-state index contributed by atoms with van der Waals surface area (Å²) < 4.78 is 0. The molecule has 1 N–H and O–H groups in total. The molecule has 1 aromatic carbocycles. The number of benzene rings is 1. The summed E-state index contributed by atoms with van der Waals surface area (Å²) in [5.74, 6) is 0.830. The van der Waals surface area contributed by atoms with Gasteiger partial charge < -0.3 is 0 Å². The van der Waals surface area contributed by atoms with Gasteiger partial charge in [0, 0.05) is 5.56 Å². The van der Waals surface area contributed by atoms with E-state index in [1.165, 1.54) is 0 Å². The summed E-state index contributed by atoms with van der Waals surface area (Å²) in [4.78, 5) is 11.1. The molecule has 0 radical (unpaired) electrons. The standard InChI is InChI=1S/C14H11Cl6N3.C4H9Cl2N/c1-6-4-2-3-5-7(6)12-21-13(8(15)10(17)18)23-14(22-12)9(16)11(19)20;1-3(5)7-4(2)6/h2-5,8-11H,1H3;3-4,7H,1-2H3. The van der Waals surface area contributed by atoms with Crippen LogP contribution in [0.4, 0.5) is 0 Å². The Bertz CT molecular complexity index is 750. The van der Waals surface area contributed by atoms with Crippen molar-refractivity contribution in [2.24, 2.45) is 0 Å². The molecule has 4 atom stereocenters. The molecule has 4 nitrogen and oxygen atoms in total. The highest BCUT2D eigenvalue weighted by atomic mass is 35.5. The molecule has 4 unspecified atom stereocenters. The molecule has 0 saturated carbocycles. The Morgan fingerprint density at radius 2 is 1.13 bits per heavy atom. The van der Waals surface area contributed by atoms with Crippen LogP contribution in [0.3, 0.4) is 0 Å². The fraction of sp³-hybridized carbons (Fsp3) is 0.500. The molecule has 0 aliphatic carbocycles. The van der Waals surface area contributed by atoms with E-state index in [2.05, 4.69) is 20.3 Å². The summed E-state index contributed by atoms with van der Waals surface area (Å²) in [6, 6.07) is 7.60. The van der Waals surface area contributed by atoms with Gasteiger partial charge in [-0.3, -0.25) is 5.32 Å². The van der Waals surface area contributed by atoms with E-state index in [4.69, 9.17) is 92.8 Å². The number of nitrogens with one attached hydrogen (secondary N) is 1. The average molecular weight is 576 g/mol. The van der Waals surface area contributed by atoms with Crippen LogP contribution in [0.1, 0.15) is 41.8 Å². The van der Waals surface area contributed by atoms with Crippen LogP contribution >= 0.6 is 92.8 Å². The number of hydrogen-bond donors (Lipinski definition) is 1. The minimum Gasteiger partial charge on any atom is -0.286 e. The van der Waals surface area contributed by atoms with Crippen molar-refractivity contribution in [1.82, 2.24) is 20.3 Å². The Kier molecular flexibility index (Phi) is 13.2. The smallest absolute Gasteiger partial charge is 0.163 e. The first-order valence-electron chi connectivity index (χ1n) is 8.64. The maximum Gasteiger partial charge on any atom is 0.163 e. The highest BCUT2D eigenvalue weighted by Crippen LogP contribution is 2.33. The van der Waals surface area contributed by atoms with Crippen molar-refractivity contribution in [2.45, 2.75) is 52.2 Å². The molecule has 1 aromatic heterocycles. The minimum atomic E-state index is -0.895. The number of nitrogens with zero attached hydrogens (tertiary/aromatic N) is 3. The van der Waals surface area contributed by atoms with E-state index >= 15 is 0 Å². The Morgan fingerprint density at radius 3 is 1.47 bits per heavy atom. The lowest BCUT2D eigenvalue weighted by molar-refractivity contribution is 0.667. The molecular formula is C18H20Cl8N4. The molecule has 0 spiro atoms. The van der Waals surface area contributed by atoms with Gasteiger partial charge in [0.1, 0.15) is 20.4 Å². The fourth-order valence-electron chi connectivity index (χ4n) is 2.14. The van der Waals surface area contributed by atoms with Gasteiger partial charge in [0.15, 0.2) is 17.5 Å². The van der Waals surface area contributed by atoms with E-state index in [0.29, 0.717) is 5.82 Å². The predicted molar refractivity (Wildman–Crippen MR) is 132 cm³/mol. The van der Waals surface area contributed by atoms with E-state index in [1.807, 2.05) is 45.0 Å². The SMILES string of the molecule is CC(Cl)NC(C)Cl.Cc1ccccc1-c1nc(C(Cl)C(Cl)Cl)nc(C(Cl)C(Cl)Cl)n1. The molecule has 0 bridgehead atoms. The van der Waals surface area contributed by atoms with E-state index < -0.39 is 20.4 Å². The number of alkyl halides is 8. The zero-order chi connectivity index (χ0) is 23.0. The second-order valence-electron chi connectivity index (χ2n) is 6.06. The van der Waals surface area contributed by atoms with Crippen LogP contribution in [0.15, 0.2) is 24.3 Å². The monoisotopic (exact) mass is 572 g/mol. The summed E-state index contributed by atoms with van der Waals surface area (Å²) in [5, 5.41) is 1.19. The molecule has 2 rings (SSSR count). The molecule has 0 aliphatic rings. The third-order valence-corrected chi connectivity index (χ3v) is 6.12. The van der Waals surface area contributed by atoms with Crippen LogP contribution in [-0.4, -0.2) is 35.6 Å². The number of hydrogen-bond acceptors (Lipinski definition) is 4.